The lowest BCUT2D eigenvalue weighted by Crippen LogP contribution is -2.56. The van der Waals surface area contributed by atoms with Gasteiger partial charge in [0.2, 0.25) is 0 Å². The molecule has 5 heteroatoms. The van der Waals surface area contributed by atoms with Gasteiger partial charge in [0.05, 0.1) is 6.61 Å². The Morgan fingerprint density at radius 1 is 1.13 bits per heavy atom. The average molecular weight is 417 g/mol. The molecule has 6 atom stereocenters. The van der Waals surface area contributed by atoms with Gasteiger partial charge in [-0.05, 0) is 87.0 Å². The lowest BCUT2D eigenvalue weighted by atomic mass is 9.46. The van der Waals surface area contributed by atoms with Gasteiger partial charge in [-0.1, -0.05) is 31.6 Å². The first kappa shape index (κ1) is 21.8. The van der Waals surface area contributed by atoms with Gasteiger partial charge in [-0.3, -0.25) is 4.79 Å². The maximum atomic E-state index is 12.4. The second-order valence-electron chi connectivity index (χ2n) is 10.6. The molecule has 4 unspecified atom stereocenters. The third kappa shape index (κ3) is 3.20. The van der Waals surface area contributed by atoms with Crippen molar-refractivity contribution in [1.82, 2.24) is 0 Å². The van der Waals surface area contributed by atoms with E-state index < -0.39 is 11.6 Å². The molecule has 3 saturated carbocycles. The van der Waals surface area contributed by atoms with Gasteiger partial charge in [-0.25, -0.2) is 4.79 Å². The van der Waals surface area contributed by atoms with Crippen molar-refractivity contribution < 1.29 is 24.5 Å². The zero-order valence-electron chi connectivity index (χ0n) is 18.6. The number of hydrogen-bond donors (Lipinski definition) is 2. The summed E-state index contributed by atoms with van der Waals surface area (Å²) in [4.78, 5) is 23.0. The number of Topliss-reactive ketones (excluding diaryl/α,β-unsaturated/α-hetero) is 1. The van der Waals surface area contributed by atoms with Gasteiger partial charge < -0.3 is 14.9 Å². The number of allylic oxidation sites excluding steroid dienone is 3. The molecule has 2 N–H and O–H groups in total. The van der Waals surface area contributed by atoms with Crippen molar-refractivity contribution in [2.24, 2.45) is 28.6 Å². The van der Waals surface area contributed by atoms with Crippen LogP contribution in [-0.4, -0.2) is 40.8 Å². The Morgan fingerprint density at radius 3 is 2.57 bits per heavy atom. The number of ether oxygens (including phenoxy) is 1. The summed E-state index contributed by atoms with van der Waals surface area (Å²) < 4.78 is 5.19. The molecule has 0 amide bonds. The first-order valence-corrected chi connectivity index (χ1v) is 11.5. The van der Waals surface area contributed by atoms with E-state index in [2.05, 4.69) is 19.9 Å². The topological polar surface area (TPSA) is 83.8 Å². The van der Waals surface area contributed by atoms with Crippen LogP contribution in [0.2, 0.25) is 0 Å². The van der Waals surface area contributed by atoms with Gasteiger partial charge >= 0.3 is 5.97 Å². The van der Waals surface area contributed by atoms with E-state index in [-0.39, 0.29) is 23.2 Å². The van der Waals surface area contributed by atoms with Crippen LogP contribution in [0.3, 0.4) is 0 Å². The largest absolute Gasteiger partial charge is 0.480 e. The number of fused-ring (bicyclic) bond motifs is 5. The number of aliphatic hydroxyl groups is 1. The van der Waals surface area contributed by atoms with Crippen LogP contribution in [0.25, 0.3) is 0 Å². The molecular weight excluding hydrogens is 380 g/mol. The van der Waals surface area contributed by atoms with Crippen LogP contribution in [0.1, 0.15) is 72.1 Å². The van der Waals surface area contributed by atoms with Crippen molar-refractivity contribution in [3.63, 3.8) is 0 Å². The van der Waals surface area contributed by atoms with E-state index in [0.29, 0.717) is 30.8 Å². The van der Waals surface area contributed by atoms with E-state index in [1.807, 2.05) is 6.08 Å². The third-order valence-electron chi connectivity index (χ3n) is 9.45. The van der Waals surface area contributed by atoms with Gasteiger partial charge in [-0.15, -0.1) is 0 Å². The molecular formula is C25H36O5. The van der Waals surface area contributed by atoms with Crippen molar-refractivity contribution in [3.8, 4) is 0 Å². The number of carboxylic acids is 1. The molecule has 166 valence electrons. The monoisotopic (exact) mass is 416 g/mol. The maximum Gasteiger partial charge on any atom is 0.329 e. The number of carbonyl (C=O) groups excluding carboxylic acids is 1. The standard InChI is InChI=1S/C25H36O5/c1-16(26)25(29)12-8-21-19-5-4-18-14-17(9-13-30-15-22(27)28)6-10-23(18,2)20(19)7-11-24(21,25)3/h9,14,19-21,29H,4-8,10-13,15H2,1-3H3,(H,27,28)/t19?,20?,21?,23-,24-,25?/m0/s1. The minimum absolute atomic E-state index is 0.0499. The minimum Gasteiger partial charge on any atom is -0.480 e. The fourth-order valence-electron chi connectivity index (χ4n) is 7.68. The molecule has 0 aliphatic heterocycles. The van der Waals surface area contributed by atoms with E-state index in [9.17, 15) is 14.7 Å². The Morgan fingerprint density at radius 2 is 1.87 bits per heavy atom. The van der Waals surface area contributed by atoms with E-state index in [4.69, 9.17) is 9.84 Å². The highest BCUT2D eigenvalue weighted by Gasteiger charge is 2.65. The Labute approximate surface area is 179 Å². The number of ketones is 1. The molecule has 4 rings (SSSR count). The number of aliphatic carboxylic acids is 1. The zero-order valence-corrected chi connectivity index (χ0v) is 18.6. The van der Waals surface area contributed by atoms with Crippen LogP contribution in [0.15, 0.2) is 23.3 Å². The lowest BCUT2D eigenvalue weighted by molar-refractivity contribution is -0.159. The molecule has 3 fully saturated rings. The van der Waals surface area contributed by atoms with E-state index in [0.717, 1.165) is 44.9 Å². The first-order valence-electron chi connectivity index (χ1n) is 11.5. The second-order valence-corrected chi connectivity index (χ2v) is 10.6. The summed E-state index contributed by atoms with van der Waals surface area (Å²) in [6.45, 7) is 6.27. The summed E-state index contributed by atoms with van der Waals surface area (Å²) in [5.41, 5.74) is 1.57. The minimum atomic E-state index is -1.14. The smallest absolute Gasteiger partial charge is 0.329 e. The van der Waals surface area contributed by atoms with E-state index in [1.165, 1.54) is 11.1 Å². The Kier molecular flexibility index (Phi) is 5.51. The number of carboxylic acid groups (broad SMARTS) is 1. The Balaban J connectivity index is 1.53. The molecule has 30 heavy (non-hydrogen) atoms. The third-order valence-corrected chi connectivity index (χ3v) is 9.45. The van der Waals surface area contributed by atoms with Crippen molar-refractivity contribution >= 4 is 11.8 Å². The molecule has 0 heterocycles. The van der Waals surface area contributed by atoms with Crippen molar-refractivity contribution in [2.75, 3.05) is 13.2 Å². The van der Waals surface area contributed by atoms with Crippen LogP contribution in [0, 0.1) is 28.6 Å². The van der Waals surface area contributed by atoms with E-state index >= 15 is 0 Å². The SMILES string of the molecule is CC(=O)C1(O)CCC2C3CCC4=CC(=CCOCC(=O)O)CC[C@]4(C)C3CC[C@@]21C. The summed E-state index contributed by atoms with van der Waals surface area (Å²) >= 11 is 0. The number of hydrogen-bond acceptors (Lipinski definition) is 4. The van der Waals surface area contributed by atoms with Crippen LogP contribution >= 0.6 is 0 Å². The maximum absolute atomic E-state index is 12.4. The number of carbonyl (C=O) groups is 2. The predicted molar refractivity (Wildman–Crippen MR) is 114 cm³/mol. The first-order chi connectivity index (χ1) is 14.1. The number of rotatable bonds is 5. The van der Waals surface area contributed by atoms with Crippen LogP contribution < -0.4 is 0 Å². The van der Waals surface area contributed by atoms with Crippen molar-refractivity contribution in [1.29, 1.82) is 0 Å². The van der Waals surface area contributed by atoms with Crippen LogP contribution in [0.5, 0.6) is 0 Å². The molecule has 5 nitrogen and oxygen atoms in total. The lowest BCUT2D eigenvalue weighted by Gasteiger charge is -2.59. The highest BCUT2D eigenvalue weighted by atomic mass is 16.5. The second kappa shape index (κ2) is 7.59. The molecule has 4 aliphatic rings. The van der Waals surface area contributed by atoms with Gasteiger partial charge in [0.25, 0.3) is 0 Å². The van der Waals surface area contributed by atoms with Crippen molar-refractivity contribution in [3.05, 3.63) is 23.3 Å². The van der Waals surface area contributed by atoms with E-state index in [1.54, 1.807) is 6.92 Å². The van der Waals surface area contributed by atoms with Gasteiger partial charge in [0.1, 0.15) is 12.2 Å². The summed E-state index contributed by atoms with van der Waals surface area (Å²) in [6.07, 6.45) is 12.3. The summed E-state index contributed by atoms with van der Waals surface area (Å²) in [5.74, 6) is 0.656. The Hall–Kier alpha value is -1.46. The quantitative estimate of drug-likeness (QED) is 0.653. The van der Waals surface area contributed by atoms with Crippen molar-refractivity contribution in [2.45, 2.75) is 77.7 Å². The normalized spacial score (nSPS) is 44.1. The average Bonchev–Trinajstić information content (AvgIpc) is 2.97. The fourth-order valence-corrected chi connectivity index (χ4v) is 7.68. The molecule has 0 spiro atoms. The van der Waals surface area contributed by atoms with Crippen LogP contribution in [-0.2, 0) is 14.3 Å². The summed E-state index contributed by atoms with van der Waals surface area (Å²) in [6, 6.07) is 0. The highest BCUT2D eigenvalue weighted by molar-refractivity contribution is 5.86. The molecule has 0 bridgehead atoms. The van der Waals surface area contributed by atoms with Crippen LogP contribution in [0.4, 0.5) is 0 Å². The summed E-state index contributed by atoms with van der Waals surface area (Å²) in [7, 11) is 0. The molecule has 0 aromatic carbocycles. The van der Waals surface area contributed by atoms with Gasteiger partial charge in [-0.2, -0.15) is 0 Å². The molecule has 0 radical (unpaired) electrons. The molecule has 0 saturated heterocycles. The fraction of sp³-hybridized carbons (Fsp3) is 0.760. The zero-order chi connectivity index (χ0) is 21.7. The van der Waals surface area contributed by atoms with Gasteiger partial charge in [0.15, 0.2) is 5.78 Å². The molecule has 4 aliphatic carbocycles. The highest BCUT2D eigenvalue weighted by Crippen LogP contribution is 2.67. The predicted octanol–water partition coefficient (Wildman–Crippen LogP) is 4.30. The molecule has 0 aromatic rings. The van der Waals surface area contributed by atoms with Gasteiger partial charge in [0, 0.05) is 5.41 Å². The molecule has 0 aromatic heterocycles. The summed E-state index contributed by atoms with van der Waals surface area (Å²) in [5, 5.41) is 20.0. The Bertz CT molecular complexity index is 797.